The Labute approximate surface area is 90.3 Å². The molecular weight excluding hydrogens is 224 g/mol. The zero-order valence-electron chi connectivity index (χ0n) is 8.04. The van der Waals surface area contributed by atoms with E-state index in [0.29, 0.717) is 11.8 Å². The normalized spacial score (nSPS) is 14.2. The van der Waals surface area contributed by atoms with Crippen LogP contribution in [0.5, 0.6) is 0 Å². The van der Waals surface area contributed by atoms with Crippen LogP contribution >= 0.6 is 11.8 Å². The van der Waals surface area contributed by atoms with Gasteiger partial charge in [-0.2, -0.15) is 0 Å². The van der Waals surface area contributed by atoms with Gasteiger partial charge in [0.1, 0.15) is 10.5 Å². The van der Waals surface area contributed by atoms with Crippen molar-refractivity contribution >= 4 is 29.7 Å². The third-order valence-electron chi connectivity index (χ3n) is 1.61. The van der Waals surface area contributed by atoms with E-state index in [0.717, 1.165) is 0 Å². The van der Waals surface area contributed by atoms with Crippen LogP contribution in [0.2, 0.25) is 0 Å². The van der Waals surface area contributed by atoms with Crippen LogP contribution in [-0.4, -0.2) is 43.7 Å². The largest absolute Gasteiger partial charge is 0.481 e. The van der Waals surface area contributed by atoms with Crippen molar-refractivity contribution in [1.82, 2.24) is 0 Å². The van der Waals surface area contributed by atoms with Gasteiger partial charge in [0, 0.05) is 0 Å². The number of carboxylic acids is 3. The first-order valence-electron chi connectivity index (χ1n) is 4.21. The third kappa shape index (κ3) is 5.26. The molecule has 0 aliphatic carbocycles. The van der Waals surface area contributed by atoms with Gasteiger partial charge in [-0.05, 0) is 6.42 Å². The van der Waals surface area contributed by atoms with Crippen LogP contribution in [0, 0.1) is 0 Å². The van der Waals surface area contributed by atoms with Gasteiger partial charge in [0.2, 0.25) is 0 Å². The number of aliphatic carboxylic acids is 3. The molecule has 0 radical (unpaired) electrons. The second-order valence-electron chi connectivity index (χ2n) is 2.80. The molecule has 6 nitrogen and oxygen atoms in total. The number of hydrogen-bond donors (Lipinski definition) is 3. The number of carbonyl (C=O) groups is 3. The highest BCUT2D eigenvalue weighted by Gasteiger charge is 2.28. The average Bonchev–Trinajstić information content (AvgIpc) is 2.10. The van der Waals surface area contributed by atoms with Gasteiger partial charge in [-0.3, -0.25) is 14.4 Å². The molecule has 0 aromatic carbocycles. The van der Waals surface area contributed by atoms with Crippen molar-refractivity contribution in [2.24, 2.45) is 0 Å². The molecule has 0 amide bonds. The van der Waals surface area contributed by atoms with Gasteiger partial charge < -0.3 is 15.3 Å². The Morgan fingerprint density at radius 2 is 1.53 bits per heavy atom. The van der Waals surface area contributed by atoms with Crippen molar-refractivity contribution in [3.8, 4) is 0 Å². The maximum atomic E-state index is 10.6. The Bertz CT molecular complexity index is 264. The fraction of sp³-hybridized carbons (Fsp3) is 0.625. The van der Waals surface area contributed by atoms with Crippen LogP contribution < -0.4 is 0 Å². The third-order valence-corrected chi connectivity index (χ3v) is 3.17. The molecule has 0 saturated carbocycles. The highest BCUT2D eigenvalue weighted by Crippen LogP contribution is 2.23. The van der Waals surface area contributed by atoms with Gasteiger partial charge in [-0.25, -0.2) is 0 Å². The van der Waals surface area contributed by atoms with E-state index in [2.05, 4.69) is 0 Å². The summed E-state index contributed by atoms with van der Waals surface area (Å²) in [5, 5.41) is 23.7. The molecule has 0 rings (SSSR count). The molecule has 0 aliphatic heterocycles. The van der Waals surface area contributed by atoms with Crippen LogP contribution in [0.15, 0.2) is 0 Å². The smallest absolute Gasteiger partial charge is 0.317 e. The highest BCUT2D eigenvalue weighted by atomic mass is 32.2. The van der Waals surface area contributed by atoms with E-state index < -0.39 is 34.8 Å². The van der Waals surface area contributed by atoms with Gasteiger partial charge >= 0.3 is 17.9 Å². The van der Waals surface area contributed by atoms with E-state index in [9.17, 15) is 14.4 Å². The Balaban J connectivity index is 4.45. The lowest BCUT2D eigenvalue weighted by Gasteiger charge is -2.14. The lowest BCUT2D eigenvalue weighted by molar-refractivity contribution is -0.143. The molecule has 3 N–H and O–H groups in total. The summed E-state index contributed by atoms with van der Waals surface area (Å²) in [7, 11) is 0. The van der Waals surface area contributed by atoms with Crippen molar-refractivity contribution in [1.29, 1.82) is 0 Å². The van der Waals surface area contributed by atoms with Crippen molar-refractivity contribution in [2.75, 3.05) is 0 Å². The average molecular weight is 236 g/mol. The monoisotopic (exact) mass is 236 g/mol. The summed E-state index contributed by atoms with van der Waals surface area (Å²) < 4.78 is 0. The standard InChI is InChI=1S/C8H12O6S/c1-2-4(7(11)12)15-5(8(13)14)3-6(9)10/h4-5H,2-3H2,1H3,(H,9,10)(H,11,12)(H,13,14)/t4-,5-/m1/s1. The summed E-state index contributed by atoms with van der Waals surface area (Å²) in [6.07, 6.45) is -0.326. The predicted octanol–water partition coefficient (Wildman–Crippen LogP) is 0.511. The Morgan fingerprint density at radius 3 is 1.80 bits per heavy atom. The summed E-state index contributed by atoms with van der Waals surface area (Å²) in [5.41, 5.74) is 0. The van der Waals surface area contributed by atoms with Crippen LogP contribution in [-0.2, 0) is 14.4 Å². The molecule has 0 bridgehead atoms. The fourth-order valence-electron chi connectivity index (χ4n) is 0.880. The molecule has 0 fully saturated rings. The van der Waals surface area contributed by atoms with Gasteiger partial charge in [0.05, 0.1) is 6.42 Å². The second kappa shape index (κ2) is 6.28. The maximum Gasteiger partial charge on any atom is 0.317 e. The van der Waals surface area contributed by atoms with E-state index in [1.165, 1.54) is 0 Å². The Kier molecular flexibility index (Phi) is 5.76. The molecule has 2 atom stereocenters. The maximum absolute atomic E-state index is 10.6. The van der Waals surface area contributed by atoms with Crippen LogP contribution in [0.4, 0.5) is 0 Å². The minimum absolute atomic E-state index is 0.253. The lowest BCUT2D eigenvalue weighted by atomic mass is 10.3. The number of carboxylic acid groups (broad SMARTS) is 3. The number of thioether (sulfide) groups is 1. The first kappa shape index (κ1) is 13.8. The van der Waals surface area contributed by atoms with E-state index in [-0.39, 0.29) is 6.42 Å². The van der Waals surface area contributed by atoms with E-state index in [4.69, 9.17) is 15.3 Å². The molecule has 86 valence electrons. The minimum atomic E-state index is -1.30. The van der Waals surface area contributed by atoms with Gasteiger partial charge in [-0.1, -0.05) is 6.92 Å². The van der Waals surface area contributed by atoms with Crippen molar-refractivity contribution in [3.63, 3.8) is 0 Å². The zero-order valence-corrected chi connectivity index (χ0v) is 8.86. The Morgan fingerprint density at radius 1 is 1.07 bits per heavy atom. The van der Waals surface area contributed by atoms with Crippen molar-refractivity contribution in [2.45, 2.75) is 30.3 Å². The molecule has 0 aromatic heterocycles. The molecule has 0 heterocycles. The first-order chi connectivity index (χ1) is 6.88. The van der Waals surface area contributed by atoms with Gasteiger partial charge in [0.15, 0.2) is 0 Å². The number of hydrogen-bond acceptors (Lipinski definition) is 4. The molecule has 7 heteroatoms. The molecule has 0 aromatic rings. The molecule has 0 spiro atoms. The lowest BCUT2D eigenvalue weighted by Crippen LogP contribution is -2.26. The molecule has 0 saturated heterocycles. The number of rotatable bonds is 7. The molecule has 0 unspecified atom stereocenters. The van der Waals surface area contributed by atoms with Crippen LogP contribution in [0.3, 0.4) is 0 Å². The van der Waals surface area contributed by atoms with Crippen molar-refractivity contribution < 1.29 is 29.7 Å². The van der Waals surface area contributed by atoms with Gasteiger partial charge in [0.25, 0.3) is 0 Å². The first-order valence-corrected chi connectivity index (χ1v) is 5.15. The SMILES string of the molecule is CC[C@@H](S[C@H](CC(=O)O)C(=O)O)C(=O)O. The topological polar surface area (TPSA) is 112 Å². The van der Waals surface area contributed by atoms with Crippen LogP contribution in [0.25, 0.3) is 0 Å². The predicted molar refractivity (Wildman–Crippen MR) is 53.0 cm³/mol. The van der Waals surface area contributed by atoms with E-state index in [1.807, 2.05) is 0 Å². The van der Waals surface area contributed by atoms with E-state index in [1.54, 1.807) is 6.92 Å². The Hall–Kier alpha value is -1.24. The fourth-order valence-corrected chi connectivity index (χ4v) is 1.94. The summed E-state index contributed by atoms with van der Waals surface area (Å²) in [5.74, 6) is -3.68. The summed E-state index contributed by atoms with van der Waals surface area (Å²) in [4.78, 5) is 31.6. The second-order valence-corrected chi connectivity index (χ2v) is 4.21. The molecule has 0 aliphatic rings. The summed E-state index contributed by atoms with van der Waals surface area (Å²) in [6, 6.07) is 0. The summed E-state index contributed by atoms with van der Waals surface area (Å²) >= 11 is 0.654. The van der Waals surface area contributed by atoms with Gasteiger partial charge in [-0.15, -0.1) is 11.8 Å². The quantitative estimate of drug-likeness (QED) is 0.590. The molecule has 15 heavy (non-hydrogen) atoms. The zero-order chi connectivity index (χ0) is 12.0. The van der Waals surface area contributed by atoms with Crippen LogP contribution in [0.1, 0.15) is 19.8 Å². The summed E-state index contributed by atoms with van der Waals surface area (Å²) in [6.45, 7) is 1.60. The van der Waals surface area contributed by atoms with E-state index >= 15 is 0 Å². The minimum Gasteiger partial charge on any atom is -0.481 e. The molecular formula is C8H12O6S. The highest BCUT2D eigenvalue weighted by molar-refractivity contribution is 8.01. The van der Waals surface area contributed by atoms with Crippen molar-refractivity contribution in [3.05, 3.63) is 0 Å².